The van der Waals surface area contributed by atoms with Gasteiger partial charge in [0.05, 0.1) is 13.5 Å². The Morgan fingerprint density at radius 2 is 1.76 bits per heavy atom. The van der Waals surface area contributed by atoms with Crippen LogP contribution in [0.4, 0.5) is 10.1 Å². The molecule has 0 bridgehead atoms. The molecule has 1 unspecified atom stereocenters. The Balaban J connectivity index is 2.00. The molecule has 1 N–H and O–H groups in total. The number of hydrogen-bond acceptors (Lipinski definition) is 7. The Morgan fingerprint density at radius 3 is 2.38 bits per heavy atom. The minimum absolute atomic E-state index is 0.00433. The molecule has 0 aliphatic carbocycles. The van der Waals surface area contributed by atoms with Crippen LogP contribution < -0.4 is 14.8 Å². The van der Waals surface area contributed by atoms with Gasteiger partial charge in [-0.05, 0) is 41.6 Å². The molecule has 0 aromatic heterocycles. The van der Waals surface area contributed by atoms with E-state index < -0.39 is 23.5 Å². The van der Waals surface area contributed by atoms with Crippen molar-refractivity contribution in [2.24, 2.45) is 5.18 Å². The molecule has 0 fully saturated rings. The number of Topliss-reactive ketones (excluding diaryl/α,β-unsaturated/α-hetero) is 1. The Morgan fingerprint density at radius 1 is 1.07 bits per heavy atom. The summed E-state index contributed by atoms with van der Waals surface area (Å²) in [5, 5.41) is 5.30. The highest BCUT2D eigenvalue weighted by Gasteiger charge is 2.16. The highest BCUT2D eigenvalue weighted by atomic mass is 31.0. The molecule has 0 aliphatic heterocycles. The molecule has 0 spiro atoms. The van der Waals surface area contributed by atoms with Gasteiger partial charge in [0.2, 0.25) is 0 Å². The topological polar surface area (TPSA) is 111 Å². The zero-order valence-electron chi connectivity index (χ0n) is 15.4. The number of rotatable bonds is 9. The molecular formula is C19H18FN2O6P. The molecule has 2 aromatic rings. The summed E-state index contributed by atoms with van der Waals surface area (Å²) >= 11 is 0. The maximum absolute atomic E-state index is 13.7. The van der Waals surface area contributed by atoms with E-state index in [9.17, 15) is 23.7 Å². The van der Waals surface area contributed by atoms with Gasteiger partial charge in [0.25, 0.3) is 5.91 Å². The maximum Gasteiger partial charge on any atom is 0.311 e. The summed E-state index contributed by atoms with van der Waals surface area (Å²) in [7, 11) is 3.63. The first-order valence-electron chi connectivity index (χ1n) is 8.42. The standard InChI is InChI=1S/C19H18FN2O6P/c1-27-16-5-2-11(8-13(16)20)15(23)4-7-18(24)28-17-6-3-12(9-14(17)22-26)19(25)21-10-29/h2-3,5-6,8-9H,4,7,10,29H2,1H3,(H,21,25). The van der Waals surface area contributed by atoms with Crippen LogP contribution in [0, 0.1) is 10.7 Å². The number of esters is 1. The fourth-order valence-corrected chi connectivity index (χ4v) is 2.57. The van der Waals surface area contributed by atoms with E-state index in [2.05, 4.69) is 19.7 Å². The zero-order valence-corrected chi connectivity index (χ0v) is 16.6. The van der Waals surface area contributed by atoms with Crippen LogP contribution in [-0.2, 0) is 4.79 Å². The molecule has 10 heteroatoms. The van der Waals surface area contributed by atoms with Crippen LogP contribution in [0.5, 0.6) is 11.5 Å². The van der Waals surface area contributed by atoms with Crippen molar-refractivity contribution in [1.82, 2.24) is 5.32 Å². The summed E-state index contributed by atoms with van der Waals surface area (Å²) < 4.78 is 23.5. The summed E-state index contributed by atoms with van der Waals surface area (Å²) in [6.45, 7) is 0. The Kier molecular flexibility index (Phi) is 7.91. The second-order valence-corrected chi connectivity index (χ2v) is 6.14. The van der Waals surface area contributed by atoms with Crippen LogP contribution in [0.1, 0.15) is 33.6 Å². The number of methoxy groups -OCH3 is 1. The first-order valence-corrected chi connectivity index (χ1v) is 9.24. The molecule has 0 aliphatic rings. The minimum atomic E-state index is -0.778. The Bertz CT molecular complexity index is 950. The average molecular weight is 420 g/mol. The van der Waals surface area contributed by atoms with Gasteiger partial charge in [-0.15, -0.1) is 14.1 Å². The smallest absolute Gasteiger partial charge is 0.311 e. The van der Waals surface area contributed by atoms with Gasteiger partial charge in [-0.2, -0.15) is 0 Å². The number of ether oxygens (including phenoxy) is 2. The molecule has 29 heavy (non-hydrogen) atoms. The number of nitrogens with zero attached hydrogens (tertiary/aromatic N) is 1. The molecule has 152 valence electrons. The molecule has 0 saturated carbocycles. The number of nitroso groups, excluding NO2 is 1. The second kappa shape index (κ2) is 10.4. The maximum atomic E-state index is 13.7. The van der Waals surface area contributed by atoms with Crippen molar-refractivity contribution in [3.8, 4) is 11.5 Å². The molecular weight excluding hydrogens is 402 g/mol. The van der Waals surface area contributed by atoms with Crippen molar-refractivity contribution in [3.05, 3.63) is 58.2 Å². The summed E-state index contributed by atoms with van der Waals surface area (Å²) in [5.74, 6) is -2.46. The van der Waals surface area contributed by atoms with E-state index in [0.29, 0.717) is 6.29 Å². The van der Waals surface area contributed by atoms with Gasteiger partial charge >= 0.3 is 5.97 Å². The predicted octanol–water partition coefficient (Wildman–Crippen LogP) is 3.36. The quantitative estimate of drug-likeness (QED) is 0.219. The average Bonchev–Trinajstić information content (AvgIpc) is 2.72. The van der Waals surface area contributed by atoms with Gasteiger partial charge < -0.3 is 14.8 Å². The van der Waals surface area contributed by atoms with Crippen LogP contribution >= 0.6 is 9.24 Å². The van der Waals surface area contributed by atoms with Crippen LogP contribution in [0.3, 0.4) is 0 Å². The summed E-state index contributed by atoms with van der Waals surface area (Å²) in [6.07, 6.45) is -0.186. The van der Waals surface area contributed by atoms with E-state index >= 15 is 0 Å². The number of carbonyl (C=O) groups is 3. The van der Waals surface area contributed by atoms with Crippen LogP contribution in [-0.4, -0.2) is 31.1 Å². The van der Waals surface area contributed by atoms with Gasteiger partial charge in [0, 0.05) is 23.8 Å². The Hall–Kier alpha value is -3.19. The monoisotopic (exact) mass is 420 g/mol. The molecule has 1 amide bonds. The predicted molar refractivity (Wildman–Crippen MR) is 106 cm³/mol. The summed E-state index contributed by atoms with van der Waals surface area (Å²) in [4.78, 5) is 46.9. The van der Waals surface area contributed by atoms with Gasteiger partial charge in [0.15, 0.2) is 28.8 Å². The highest BCUT2D eigenvalue weighted by Crippen LogP contribution is 2.29. The minimum Gasteiger partial charge on any atom is -0.494 e. The van der Waals surface area contributed by atoms with Crippen LogP contribution in [0.15, 0.2) is 41.6 Å². The van der Waals surface area contributed by atoms with E-state index in [-0.39, 0.29) is 41.2 Å². The van der Waals surface area contributed by atoms with Gasteiger partial charge in [-0.25, -0.2) is 4.39 Å². The van der Waals surface area contributed by atoms with Crippen LogP contribution in [0.2, 0.25) is 0 Å². The molecule has 1 atom stereocenters. The first-order chi connectivity index (χ1) is 13.9. The van der Waals surface area contributed by atoms with E-state index in [0.717, 1.165) is 6.07 Å². The van der Waals surface area contributed by atoms with Crippen molar-refractivity contribution in [1.29, 1.82) is 0 Å². The normalized spacial score (nSPS) is 10.2. The number of carbonyl (C=O) groups excluding carboxylic acids is 3. The third-order valence-electron chi connectivity index (χ3n) is 3.84. The number of halogens is 1. The number of ketones is 1. The molecule has 2 rings (SSSR count). The van der Waals surface area contributed by atoms with E-state index in [4.69, 9.17) is 9.47 Å². The lowest BCUT2D eigenvalue weighted by Crippen LogP contribution is -2.21. The van der Waals surface area contributed by atoms with Crippen molar-refractivity contribution >= 4 is 32.6 Å². The summed E-state index contributed by atoms with van der Waals surface area (Å²) in [5.41, 5.74) is 0.0488. The van der Waals surface area contributed by atoms with Crippen LogP contribution in [0.25, 0.3) is 0 Å². The van der Waals surface area contributed by atoms with E-state index in [1.54, 1.807) is 0 Å². The van der Waals surface area contributed by atoms with E-state index in [1.807, 2.05) is 0 Å². The highest BCUT2D eigenvalue weighted by molar-refractivity contribution is 7.16. The number of benzene rings is 2. The summed E-state index contributed by atoms with van der Waals surface area (Å²) in [6, 6.07) is 7.57. The van der Waals surface area contributed by atoms with Crippen molar-refractivity contribution in [2.45, 2.75) is 12.8 Å². The second-order valence-electron chi connectivity index (χ2n) is 5.73. The van der Waals surface area contributed by atoms with Gasteiger partial charge in [-0.3, -0.25) is 14.4 Å². The zero-order chi connectivity index (χ0) is 21.4. The first kappa shape index (κ1) is 22.1. The van der Waals surface area contributed by atoms with Gasteiger partial charge in [-0.1, -0.05) is 0 Å². The molecule has 2 aromatic carbocycles. The molecule has 8 nitrogen and oxygen atoms in total. The lowest BCUT2D eigenvalue weighted by molar-refractivity contribution is -0.134. The Labute approximate surface area is 167 Å². The lowest BCUT2D eigenvalue weighted by atomic mass is 10.1. The largest absolute Gasteiger partial charge is 0.494 e. The van der Waals surface area contributed by atoms with E-state index in [1.165, 1.54) is 37.4 Å². The van der Waals surface area contributed by atoms with Crippen molar-refractivity contribution in [3.63, 3.8) is 0 Å². The third-order valence-corrected chi connectivity index (χ3v) is 4.04. The number of amides is 1. The fourth-order valence-electron chi connectivity index (χ4n) is 2.38. The van der Waals surface area contributed by atoms with Gasteiger partial charge in [0.1, 0.15) is 0 Å². The fraction of sp³-hybridized carbons (Fsp3) is 0.211. The molecule has 0 radical (unpaired) electrons. The third kappa shape index (κ3) is 5.89. The lowest BCUT2D eigenvalue weighted by Gasteiger charge is -2.08. The number of nitrogens with one attached hydrogen (secondary N) is 1. The number of hydrogen-bond donors (Lipinski definition) is 1. The van der Waals surface area contributed by atoms with Crippen molar-refractivity contribution < 1.29 is 28.2 Å². The SMILES string of the molecule is COc1ccc(C(=O)CCC(=O)Oc2ccc(C(=O)NCP)cc2N=O)cc1F. The molecule has 0 heterocycles. The molecule has 0 saturated heterocycles. The van der Waals surface area contributed by atoms with Crippen molar-refractivity contribution in [2.75, 3.05) is 13.4 Å².